The van der Waals surface area contributed by atoms with Gasteiger partial charge in [-0.25, -0.2) is 0 Å². The summed E-state index contributed by atoms with van der Waals surface area (Å²) in [5.74, 6) is 0.546. The molecule has 3 N–H and O–H groups in total. The Labute approximate surface area is 118 Å². The summed E-state index contributed by atoms with van der Waals surface area (Å²) >= 11 is 0. The third-order valence-electron chi connectivity index (χ3n) is 3.02. The number of nitrogens with one attached hydrogen (secondary N) is 1. The third-order valence-corrected chi connectivity index (χ3v) is 3.02. The lowest BCUT2D eigenvalue weighted by molar-refractivity contribution is -0.121. The maximum atomic E-state index is 11.4. The van der Waals surface area contributed by atoms with Gasteiger partial charge in [-0.2, -0.15) is 0 Å². The quantitative estimate of drug-likeness (QED) is 0.873. The molecular formula is C16H18N2O2. The second-order valence-corrected chi connectivity index (χ2v) is 4.44. The van der Waals surface area contributed by atoms with Gasteiger partial charge in [0.2, 0.25) is 5.91 Å². The molecule has 0 heterocycles. The van der Waals surface area contributed by atoms with Gasteiger partial charge >= 0.3 is 0 Å². The van der Waals surface area contributed by atoms with Gasteiger partial charge in [-0.1, -0.05) is 42.5 Å². The Morgan fingerprint density at radius 3 is 2.40 bits per heavy atom. The minimum atomic E-state index is -0.650. The summed E-state index contributed by atoms with van der Waals surface area (Å²) in [6, 6.07) is 16.5. The summed E-state index contributed by atoms with van der Waals surface area (Å²) in [6.45, 7) is 0.516. The summed E-state index contributed by atoms with van der Waals surface area (Å²) in [4.78, 5) is 11.4. The number of benzene rings is 2. The van der Waals surface area contributed by atoms with E-state index in [9.17, 15) is 4.79 Å². The SMILES string of the molecule is CNC(=O)[C@H](N)c1ccc(OCc2ccccc2)cc1. The summed E-state index contributed by atoms with van der Waals surface area (Å²) in [5.41, 5.74) is 7.68. The lowest BCUT2D eigenvalue weighted by Crippen LogP contribution is -2.31. The van der Waals surface area contributed by atoms with Crippen LogP contribution < -0.4 is 15.8 Å². The molecule has 104 valence electrons. The molecular weight excluding hydrogens is 252 g/mol. The van der Waals surface area contributed by atoms with Crippen molar-refractivity contribution in [2.45, 2.75) is 12.6 Å². The van der Waals surface area contributed by atoms with E-state index in [0.717, 1.165) is 16.9 Å². The van der Waals surface area contributed by atoms with Gasteiger partial charge in [-0.05, 0) is 23.3 Å². The molecule has 1 atom stereocenters. The van der Waals surface area contributed by atoms with E-state index in [-0.39, 0.29) is 5.91 Å². The van der Waals surface area contributed by atoms with Crippen molar-refractivity contribution in [1.29, 1.82) is 0 Å². The van der Waals surface area contributed by atoms with Gasteiger partial charge in [0, 0.05) is 7.05 Å². The maximum Gasteiger partial charge on any atom is 0.241 e. The summed E-state index contributed by atoms with van der Waals surface area (Å²) in [6.07, 6.45) is 0. The largest absolute Gasteiger partial charge is 0.489 e. The molecule has 2 aromatic carbocycles. The molecule has 0 saturated carbocycles. The Balaban J connectivity index is 1.96. The van der Waals surface area contributed by atoms with Crippen molar-refractivity contribution in [2.75, 3.05) is 7.05 Å². The van der Waals surface area contributed by atoms with Gasteiger partial charge < -0.3 is 15.8 Å². The molecule has 4 heteroatoms. The molecule has 1 amide bonds. The van der Waals surface area contributed by atoms with Crippen LogP contribution in [0.4, 0.5) is 0 Å². The fraction of sp³-hybridized carbons (Fsp3) is 0.188. The zero-order chi connectivity index (χ0) is 14.4. The predicted octanol–water partition coefficient (Wildman–Crippen LogP) is 2.01. The molecule has 20 heavy (non-hydrogen) atoms. The van der Waals surface area contributed by atoms with E-state index < -0.39 is 6.04 Å². The predicted molar refractivity (Wildman–Crippen MR) is 78.2 cm³/mol. The normalized spacial score (nSPS) is 11.7. The molecule has 0 fully saturated rings. The topological polar surface area (TPSA) is 64.4 Å². The molecule has 2 rings (SSSR count). The van der Waals surface area contributed by atoms with Crippen LogP contribution in [0.25, 0.3) is 0 Å². The number of rotatable bonds is 5. The zero-order valence-corrected chi connectivity index (χ0v) is 11.4. The van der Waals surface area contributed by atoms with Crippen molar-refractivity contribution in [3.63, 3.8) is 0 Å². The Morgan fingerprint density at radius 2 is 1.80 bits per heavy atom. The van der Waals surface area contributed by atoms with Crippen molar-refractivity contribution in [3.8, 4) is 5.75 Å². The van der Waals surface area contributed by atoms with Crippen molar-refractivity contribution in [3.05, 3.63) is 65.7 Å². The summed E-state index contributed by atoms with van der Waals surface area (Å²) in [5, 5.41) is 2.53. The van der Waals surface area contributed by atoms with Gasteiger partial charge in [-0.3, -0.25) is 4.79 Å². The number of nitrogens with two attached hydrogens (primary N) is 1. The van der Waals surface area contributed by atoms with E-state index in [0.29, 0.717) is 6.61 Å². The summed E-state index contributed by atoms with van der Waals surface area (Å²) in [7, 11) is 1.57. The van der Waals surface area contributed by atoms with Gasteiger partial charge in [0.25, 0.3) is 0 Å². The second kappa shape index (κ2) is 6.73. The van der Waals surface area contributed by atoms with E-state index >= 15 is 0 Å². The number of amides is 1. The minimum Gasteiger partial charge on any atom is -0.489 e. The molecule has 0 radical (unpaired) electrons. The molecule has 0 aliphatic carbocycles. The van der Waals surface area contributed by atoms with Crippen LogP contribution in [0.5, 0.6) is 5.75 Å². The van der Waals surface area contributed by atoms with Crippen LogP contribution in [0.2, 0.25) is 0 Å². The van der Waals surface area contributed by atoms with Crippen LogP contribution in [-0.4, -0.2) is 13.0 Å². The van der Waals surface area contributed by atoms with E-state index in [1.54, 1.807) is 19.2 Å². The molecule has 4 nitrogen and oxygen atoms in total. The van der Waals surface area contributed by atoms with Crippen LogP contribution in [-0.2, 0) is 11.4 Å². The Kier molecular flexibility index (Phi) is 4.74. The van der Waals surface area contributed by atoms with E-state index in [1.165, 1.54) is 0 Å². The third kappa shape index (κ3) is 3.59. The number of ether oxygens (including phenoxy) is 1. The summed E-state index contributed by atoms with van der Waals surface area (Å²) < 4.78 is 5.67. The second-order valence-electron chi connectivity index (χ2n) is 4.44. The van der Waals surface area contributed by atoms with E-state index in [1.807, 2.05) is 42.5 Å². The Morgan fingerprint density at radius 1 is 1.15 bits per heavy atom. The molecule has 0 aromatic heterocycles. The van der Waals surface area contributed by atoms with Gasteiger partial charge in [0.1, 0.15) is 18.4 Å². The highest BCUT2D eigenvalue weighted by Gasteiger charge is 2.13. The van der Waals surface area contributed by atoms with Crippen LogP contribution in [0, 0.1) is 0 Å². The highest BCUT2D eigenvalue weighted by atomic mass is 16.5. The van der Waals surface area contributed by atoms with Crippen LogP contribution in [0.3, 0.4) is 0 Å². The van der Waals surface area contributed by atoms with Gasteiger partial charge in [-0.15, -0.1) is 0 Å². The molecule has 0 spiro atoms. The first-order valence-electron chi connectivity index (χ1n) is 6.44. The van der Waals surface area contributed by atoms with E-state index in [4.69, 9.17) is 10.5 Å². The standard InChI is InChI=1S/C16H18N2O2/c1-18-16(19)15(17)13-7-9-14(10-8-13)20-11-12-5-3-2-4-6-12/h2-10,15H,11,17H2,1H3,(H,18,19)/t15-/m1/s1. The van der Waals surface area contributed by atoms with Crippen molar-refractivity contribution in [1.82, 2.24) is 5.32 Å². The highest BCUT2D eigenvalue weighted by Crippen LogP contribution is 2.17. The Bertz CT molecular complexity index is 552. The first-order chi connectivity index (χ1) is 9.70. The lowest BCUT2D eigenvalue weighted by atomic mass is 10.1. The Hall–Kier alpha value is -2.33. The average Bonchev–Trinajstić information content (AvgIpc) is 2.53. The fourth-order valence-electron chi connectivity index (χ4n) is 1.82. The van der Waals surface area contributed by atoms with Crippen molar-refractivity contribution >= 4 is 5.91 Å². The van der Waals surface area contributed by atoms with Crippen LogP contribution >= 0.6 is 0 Å². The van der Waals surface area contributed by atoms with Gasteiger partial charge in [0.05, 0.1) is 0 Å². The first-order valence-corrected chi connectivity index (χ1v) is 6.44. The number of carbonyl (C=O) groups is 1. The molecule has 0 unspecified atom stereocenters. The number of likely N-dealkylation sites (N-methyl/N-ethyl adjacent to an activating group) is 1. The first kappa shape index (κ1) is 14.1. The number of hydrogen-bond donors (Lipinski definition) is 2. The van der Waals surface area contributed by atoms with Crippen molar-refractivity contribution < 1.29 is 9.53 Å². The highest BCUT2D eigenvalue weighted by molar-refractivity contribution is 5.82. The van der Waals surface area contributed by atoms with Crippen LogP contribution in [0.1, 0.15) is 17.2 Å². The van der Waals surface area contributed by atoms with Gasteiger partial charge in [0.15, 0.2) is 0 Å². The average molecular weight is 270 g/mol. The fourth-order valence-corrected chi connectivity index (χ4v) is 1.82. The monoisotopic (exact) mass is 270 g/mol. The number of hydrogen-bond acceptors (Lipinski definition) is 3. The smallest absolute Gasteiger partial charge is 0.241 e. The van der Waals surface area contributed by atoms with Crippen LogP contribution in [0.15, 0.2) is 54.6 Å². The molecule has 0 aliphatic rings. The maximum absolute atomic E-state index is 11.4. The minimum absolute atomic E-state index is 0.206. The molecule has 0 saturated heterocycles. The van der Waals surface area contributed by atoms with E-state index in [2.05, 4.69) is 5.32 Å². The molecule has 0 bridgehead atoms. The zero-order valence-electron chi connectivity index (χ0n) is 11.4. The number of carbonyl (C=O) groups excluding carboxylic acids is 1. The van der Waals surface area contributed by atoms with Crippen molar-refractivity contribution in [2.24, 2.45) is 5.73 Å². The lowest BCUT2D eigenvalue weighted by Gasteiger charge is -2.11. The molecule has 0 aliphatic heterocycles. The molecule has 2 aromatic rings.